The van der Waals surface area contributed by atoms with Crippen molar-refractivity contribution in [2.45, 2.75) is 6.54 Å². The molecular formula is C23H17N5O. The number of anilines is 1. The van der Waals surface area contributed by atoms with Gasteiger partial charge in [-0.25, -0.2) is 9.97 Å². The lowest BCUT2D eigenvalue weighted by Crippen LogP contribution is -2.04. The molecule has 3 heterocycles. The van der Waals surface area contributed by atoms with E-state index < -0.39 is 0 Å². The van der Waals surface area contributed by atoms with E-state index in [0.29, 0.717) is 35.3 Å². The summed E-state index contributed by atoms with van der Waals surface area (Å²) in [5, 5.41) is 3.35. The summed E-state index contributed by atoms with van der Waals surface area (Å²) in [5.41, 5.74) is 3.91. The fourth-order valence-corrected chi connectivity index (χ4v) is 3.05. The van der Waals surface area contributed by atoms with Crippen molar-refractivity contribution in [3.05, 3.63) is 90.8 Å². The monoisotopic (exact) mass is 379 g/mol. The summed E-state index contributed by atoms with van der Waals surface area (Å²) in [5.74, 6) is 1.72. The summed E-state index contributed by atoms with van der Waals surface area (Å²) >= 11 is 0. The van der Waals surface area contributed by atoms with E-state index in [1.807, 2.05) is 79.0 Å². The SMILES string of the molecule is c1ccc(-c2nc(NCc3cccnc3)c3oc(-c4ccccc4)nc3n2)cc1. The third-order valence-corrected chi connectivity index (χ3v) is 4.49. The first-order valence-corrected chi connectivity index (χ1v) is 9.29. The minimum absolute atomic E-state index is 0.518. The van der Waals surface area contributed by atoms with Gasteiger partial charge in [-0.1, -0.05) is 54.6 Å². The number of nitrogens with zero attached hydrogens (tertiary/aromatic N) is 4. The molecule has 3 aromatic heterocycles. The van der Waals surface area contributed by atoms with Gasteiger partial charge in [0.1, 0.15) is 0 Å². The maximum Gasteiger partial charge on any atom is 0.229 e. The van der Waals surface area contributed by atoms with E-state index in [4.69, 9.17) is 9.40 Å². The van der Waals surface area contributed by atoms with E-state index in [-0.39, 0.29) is 0 Å². The van der Waals surface area contributed by atoms with Crippen molar-refractivity contribution in [3.63, 3.8) is 0 Å². The Kier molecular flexibility index (Phi) is 4.42. The van der Waals surface area contributed by atoms with E-state index in [1.54, 1.807) is 6.20 Å². The Morgan fingerprint density at radius 2 is 1.52 bits per heavy atom. The third-order valence-electron chi connectivity index (χ3n) is 4.49. The van der Waals surface area contributed by atoms with E-state index in [1.165, 1.54) is 0 Å². The van der Waals surface area contributed by atoms with E-state index >= 15 is 0 Å². The second kappa shape index (κ2) is 7.52. The summed E-state index contributed by atoms with van der Waals surface area (Å²) in [6, 6.07) is 23.5. The molecule has 0 atom stereocenters. The first kappa shape index (κ1) is 17.1. The average Bonchev–Trinajstić information content (AvgIpc) is 3.24. The quantitative estimate of drug-likeness (QED) is 0.465. The molecule has 0 bridgehead atoms. The number of benzene rings is 2. The molecule has 0 amide bonds. The molecule has 0 saturated carbocycles. The van der Waals surface area contributed by atoms with Crippen LogP contribution in [0.4, 0.5) is 5.82 Å². The number of hydrogen-bond donors (Lipinski definition) is 1. The van der Waals surface area contributed by atoms with Crippen LogP contribution in [0.3, 0.4) is 0 Å². The highest BCUT2D eigenvalue weighted by Gasteiger charge is 2.17. The molecule has 6 nitrogen and oxygen atoms in total. The van der Waals surface area contributed by atoms with Gasteiger partial charge in [0.05, 0.1) is 0 Å². The van der Waals surface area contributed by atoms with Crippen LogP contribution in [0, 0.1) is 0 Å². The zero-order valence-corrected chi connectivity index (χ0v) is 15.5. The molecule has 5 rings (SSSR count). The van der Waals surface area contributed by atoms with Crippen molar-refractivity contribution in [2.24, 2.45) is 0 Å². The van der Waals surface area contributed by atoms with Crippen LogP contribution in [0.1, 0.15) is 5.56 Å². The van der Waals surface area contributed by atoms with Gasteiger partial charge in [-0.3, -0.25) is 4.98 Å². The van der Waals surface area contributed by atoms with Crippen LogP contribution in [0.25, 0.3) is 34.1 Å². The zero-order chi connectivity index (χ0) is 19.5. The molecule has 29 heavy (non-hydrogen) atoms. The molecule has 1 N–H and O–H groups in total. The minimum Gasteiger partial charge on any atom is -0.430 e. The predicted molar refractivity (Wildman–Crippen MR) is 112 cm³/mol. The number of pyridine rings is 1. The van der Waals surface area contributed by atoms with Crippen molar-refractivity contribution in [1.82, 2.24) is 19.9 Å². The van der Waals surface area contributed by atoms with Gasteiger partial charge in [0, 0.05) is 30.1 Å². The number of rotatable bonds is 5. The van der Waals surface area contributed by atoms with Crippen LogP contribution in [0.5, 0.6) is 0 Å². The molecule has 0 aliphatic rings. The summed E-state index contributed by atoms with van der Waals surface area (Å²) in [4.78, 5) is 18.1. The predicted octanol–water partition coefficient (Wildman–Crippen LogP) is 4.96. The van der Waals surface area contributed by atoms with Gasteiger partial charge in [-0.15, -0.1) is 0 Å². The van der Waals surface area contributed by atoms with Crippen LogP contribution in [-0.4, -0.2) is 19.9 Å². The second-order valence-electron chi connectivity index (χ2n) is 6.51. The van der Waals surface area contributed by atoms with Crippen molar-refractivity contribution < 1.29 is 4.42 Å². The molecule has 5 aromatic rings. The standard InChI is InChI=1S/C23H17N5O/c1-3-9-17(10-4-1)20-26-21(25-15-16-8-7-13-24-14-16)19-22(27-20)28-23(29-19)18-11-5-2-6-12-18/h1-14H,15H2,(H,25,26,27). The van der Waals surface area contributed by atoms with Crippen molar-refractivity contribution in [1.29, 1.82) is 0 Å². The lowest BCUT2D eigenvalue weighted by atomic mass is 10.2. The average molecular weight is 379 g/mol. The zero-order valence-electron chi connectivity index (χ0n) is 15.5. The molecule has 2 aromatic carbocycles. The minimum atomic E-state index is 0.518. The maximum absolute atomic E-state index is 6.05. The molecule has 140 valence electrons. The van der Waals surface area contributed by atoms with E-state index in [2.05, 4.69) is 20.3 Å². The van der Waals surface area contributed by atoms with Crippen LogP contribution >= 0.6 is 0 Å². The largest absolute Gasteiger partial charge is 0.430 e. The highest BCUT2D eigenvalue weighted by molar-refractivity contribution is 5.84. The van der Waals surface area contributed by atoms with E-state index in [0.717, 1.165) is 16.7 Å². The van der Waals surface area contributed by atoms with Gasteiger partial charge in [-0.05, 0) is 23.8 Å². The van der Waals surface area contributed by atoms with Crippen molar-refractivity contribution in [2.75, 3.05) is 5.32 Å². The van der Waals surface area contributed by atoms with Gasteiger partial charge in [0.25, 0.3) is 0 Å². The summed E-state index contributed by atoms with van der Waals surface area (Å²) < 4.78 is 6.05. The van der Waals surface area contributed by atoms with Crippen molar-refractivity contribution >= 4 is 17.0 Å². The Bertz CT molecular complexity index is 1240. The first-order valence-electron chi connectivity index (χ1n) is 9.29. The molecule has 0 saturated heterocycles. The van der Waals surface area contributed by atoms with E-state index in [9.17, 15) is 0 Å². The summed E-state index contributed by atoms with van der Waals surface area (Å²) in [6.45, 7) is 0.565. The highest BCUT2D eigenvalue weighted by atomic mass is 16.3. The van der Waals surface area contributed by atoms with Crippen LogP contribution in [0.15, 0.2) is 89.6 Å². The van der Waals surface area contributed by atoms with Gasteiger partial charge < -0.3 is 9.73 Å². The molecular weight excluding hydrogens is 362 g/mol. The Hall–Kier alpha value is -4.06. The van der Waals surface area contributed by atoms with Crippen LogP contribution < -0.4 is 5.32 Å². The van der Waals surface area contributed by atoms with Crippen LogP contribution in [0.2, 0.25) is 0 Å². The number of fused-ring (bicyclic) bond motifs is 1. The highest BCUT2D eigenvalue weighted by Crippen LogP contribution is 2.29. The Morgan fingerprint density at radius 3 is 2.24 bits per heavy atom. The fourth-order valence-electron chi connectivity index (χ4n) is 3.05. The number of hydrogen-bond acceptors (Lipinski definition) is 6. The van der Waals surface area contributed by atoms with Gasteiger partial charge in [0.2, 0.25) is 17.1 Å². The smallest absolute Gasteiger partial charge is 0.229 e. The molecule has 6 heteroatoms. The molecule has 0 spiro atoms. The van der Waals surface area contributed by atoms with Gasteiger partial charge >= 0.3 is 0 Å². The lowest BCUT2D eigenvalue weighted by molar-refractivity contribution is 0.619. The summed E-state index contributed by atoms with van der Waals surface area (Å²) in [7, 11) is 0. The topological polar surface area (TPSA) is 76.7 Å². The van der Waals surface area contributed by atoms with Crippen LogP contribution in [-0.2, 0) is 6.54 Å². The molecule has 0 fully saturated rings. The molecule has 0 aliphatic carbocycles. The third kappa shape index (κ3) is 3.55. The number of aromatic nitrogens is 4. The fraction of sp³-hybridized carbons (Fsp3) is 0.0435. The second-order valence-corrected chi connectivity index (χ2v) is 6.51. The molecule has 0 aliphatic heterocycles. The molecule has 0 unspecified atom stereocenters. The lowest BCUT2D eigenvalue weighted by Gasteiger charge is -2.07. The normalized spacial score (nSPS) is 10.9. The van der Waals surface area contributed by atoms with Gasteiger partial charge in [-0.2, -0.15) is 4.98 Å². The van der Waals surface area contributed by atoms with Gasteiger partial charge in [0.15, 0.2) is 11.6 Å². The Labute approximate surface area is 167 Å². The Morgan fingerprint density at radius 1 is 0.759 bits per heavy atom. The van der Waals surface area contributed by atoms with Crippen molar-refractivity contribution in [3.8, 4) is 22.8 Å². The number of oxazole rings is 1. The first-order chi connectivity index (χ1) is 14.4. The Balaban J connectivity index is 1.60. The maximum atomic E-state index is 6.05. The number of nitrogens with one attached hydrogen (secondary N) is 1. The molecule has 0 radical (unpaired) electrons. The summed E-state index contributed by atoms with van der Waals surface area (Å²) in [6.07, 6.45) is 3.57.